The van der Waals surface area contributed by atoms with Crippen molar-refractivity contribution in [2.24, 2.45) is 5.92 Å². The van der Waals surface area contributed by atoms with Crippen molar-refractivity contribution < 1.29 is 4.21 Å². The van der Waals surface area contributed by atoms with Crippen molar-refractivity contribution in [3.63, 3.8) is 0 Å². The lowest BCUT2D eigenvalue weighted by atomic mass is 10.1. The van der Waals surface area contributed by atoms with Crippen LogP contribution >= 0.6 is 11.6 Å². The van der Waals surface area contributed by atoms with E-state index in [1.54, 1.807) is 0 Å². The van der Waals surface area contributed by atoms with E-state index >= 15 is 0 Å². The molecular formula is C14H22ClNOS. The predicted octanol–water partition coefficient (Wildman–Crippen LogP) is 3.22. The van der Waals surface area contributed by atoms with Crippen molar-refractivity contribution >= 4 is 22.4 Å². The summed E-state index contributed by atoms with van der Waals surface area (Å²) in [6.45, 7) is 7.32. The minimum Gasteiger partial charge on any atom is -0.313 e. The Kier molecular flexibility index (Phi) is 6.90. The largest absolute Gasteiger partial charge is 0.313 e. The number of benzene rings is 1. The molecule has 1 aromatic rings. The van der Waals surface area contributed by atoms with Crippen molar-refractivity contribution in [3.05, 3.63) is 34.9 Å². The standard InChI is InChI=1S/C14H22ClNOS/c1-4-16-14(11(2)3)10-18(17)9-12-5-7-13(15)8-6-12/h5-8,11,14,16H,4,9-10H2,1-3H3. The molecule has 2 atom stereocenters. The average molecular weight is 288 g/mol. The molecule has 102 valence electrons. The van der Waals surface area contributed by atoms with Crippen LogP contribution in [0, 0.1) is 5.92 Å². The van der Waals surface area contributed by atoms with Crippen molar-refractivity contribution in [2.45, 2.75) is 32.6 Å². The van der Waals surface area contributed by atoms with Crippen molar-refractivity contribution in [1.82, 2.24) is 5.32 Å². The maximum absolute atomic E-state index is 12.1. The van der Waals surface area contributed by atoms with Gasteiger partial charge in [0.2, 0.25) is 0 Å². The first-order valence-electron chi connectivity index (χ1n) is 6.35. The molecule has 0 saturated carbocycles. The van der Waals surface area contributed by atoms with Crippen LogP contribution in [0.5, 0.6) is 0 Å². The zero-order chi connectivity index (χ0) is 13.5. The number of hydrogen-bond acceptors (Lipinski definition) is 2. The van der Waals surface area contributed by atoms with Crippen molar-refractivity contribution in [1.29, 1.82) is 0 Å². The summed E-state index contributed by atoms with van der Waals surface area (Å²) >= 11 is 5.83. The molecular weight excluding hydrogens is 266 g/mol. The maximum Gasteiger partial charge on any atom is 0.0486 e. The Hall–Kier alpha value is -0.380. The summed E-state index contributed by atoms with van der Waals surface area (Å²) in [4.78, 5) is 0. The first-order chi connectivity index (χ1) is 8.52. The SMILES string of the molecule is CCNC(CS(=O)Cc1ccc(Cl)cc1)C(C)C. The van der Waals surface area contributed by atoms with Crippen molar-refractivity contribution in [3.8, 4) is 0 Å². The molecule has 18 heavy (non-hydrogen) atoms. The lowest BCUT2D eigenvalue weighted by Crippen LogP contribution is -2.38. The van der Waals surface area contributed by atoms with Gasteiger partial charge in [-0.15, -0.1) is 0 Å². The van der Waals surface area contributed by atoms with Crippen LogP contribution in [-0.2, 0) is 16.6 Å². The number of nitrogens with one attached hydrogen (secondary N) is 1. The van der Waals surface area contributed by atoms with E-state index in [2.05, 4.69) is 26.1 Å². The van der Waals surface area contributed by atoms with Crippen LogP contribution in [0.2, 0.25) is 5.02 Å². The molecule has 0 aliphatic carbocycles. The summed E-state index contributed by atoms with van der Waals surface area (Å²) in [5.41, 5.74) is 1.08. The first kappa shape index (κ1) is 15.7. The van der Waals surface area contributed by atoms with Gasteiger partial charge in [0, 0.05) is 33.4 Å². The fraction of sp³-hybridized carbons (Fsp3) is 0.571. The van der Waals surface area contributed by atoms with Gasteiger partial charge in [0.25, 0.3) is 0 Å². The van der Waals surface area contributed by atoms with Crippen LogP contribution in [0.4, 0.5) is 0 Å². The molecule has 2 unspecified atom stereocenters. The van der Waals surface area contributed by atoms with Gasteiger partial charge in [-0.25, -0.2) is 0 Å². The molecule has 0 aliphatic rings. The lowest BCUT2D eigenvalue weighted by Gasteiger charge is -2.21. The van der Waals surface area contributed by atoms with E-state index in [9.17, 15) is 4.21 Å². The lowest BCUT2D eigenvalue weighted by molar-refractivity contribution is 0.440. The second kappa shape index (κ2) is 7.93. The molecule has 0 aromatic heterocycles. The summed E-state index contributed by atoms with van der Waals surface area (Å²) in [5, 5.41) is 4.11. The Bertz CT molecular complexity index is 378. The summed E-state index contributed by atoms with van der Waals surface area (Å²) in [6.07, 6.45) is 0. The fourth-order valence-electron chi connectivity index (χ4n) is 1.77. The predicted molar refractivity (Wildman–Crippen MR) is 80.5 cm³/mol. The van der Waals surface area contributed by atoms with Gasteiger partial charge in [0.15, 0.2) is 0 Å². The van der Waals surface area contributed by atoms with Gasteiger partial charge < -0.3 is 5.32 Å². The van der Waals surface area contributed by atoms with E-state index in [0.717, 1.165) is 17.1 Å². The number of hydrogen-bond donors (Lipinski definition) is 1. The molecule has 0 fully saturated rings. The van der Waals surface area contributed by atoms with E-state index < -0.39 is 10.8 Å². The normalized spacial score (nSPS) is 14.7. The van der Waals surface area contributed by atoms with Gasteiger partial charge in [0.05, 0.1) is 0 Å². The topological polar surface area (TPSA) is 29.1 Å². The minimum absolute atomic E-state index is 0.322. The summed E-state index contributed by atoms with van der Waals surface area (Å²) in [6, 6.07) is 7.90. The van der Waals surface area contributed by atoms with Crippen LogP contribution in [0.15, 0.2) is 24.3 Å². The molecule has 1 aromatic carbocycles. The van der Waals surface area contributed by atoms with E-state index in [4.69, 9.17) is 11.6 Å². The van der Waals surface area contributed by atoms with Crippen LogP contribution in [0.25, 0.3) is 0 Å². The molecule has 0 saturated heterocycles. The Balaban J connectivity index is 2.52. The zero-order valence-electron chi connectivity index (χ0n) is 11.3. The third-order valence-electron chi connectivity index (χ3n) is 2.88. The monoisotopic (exact) mass is 287 g/mol. The van der Waals surface area contributed by atoms with E-state index in [0.29, 0.717) is 23.5 Å². The van der Waals surface area contributed by atoms with E-state index in [-0.39, 0.29) is 0 Å². The quantitative estimate of drug-likeness (QED) is 0.834. The second-order valence-corrected chi connectivity index (χ2v) is 6.72. The minimum atomic E-state index is -0.835. The van der Waals surface area contributed by atoms with Crippen LogP contribution in [0.3, 0.4) is 0 Å². The highest BCUT2D eigenvalue weighted by molar-refractivity contribution is 7.84. The summed E-state index contributed by atoms with van der Waals surface area (Å²) < 4.78 is 12.1. The molecule has 4 heteroatoms. The average Bonchev–Trinajstić information content (AvgIpc) is 2.31. The number of rotatable bonds is 7. The van der Waals surface area contributed by atoms with E-state index in [1.807, 2.05) is 24.3 Å². The van der Waals surface area contributed by atoms with Crippen molar-refractivity contribution in [2.75, 3.05) is 12.3 Å². The first-order valence-corrected chi connectivity index (χ1v) is 8.22. The molecule has 0 heterocycles. The van der Waals surface area contributed by atoms with Gasteiger partial charge in [0.1, 0.15) is 0 Å². The summed E-state index contributed by atoms with van der Waals surface area (Å²) in [7, 11) is -0.835. The molecule has 0 amide bonds. The Morgan fingerprint density at radius 1 is 1.28 bits per heavy atom. The molecule has 0 aliphatic heterocycles. The van der Waals surface area contributed by atoms with Crippen LogP contribution in [-0.4, -0.2) is 22.5 Å². The third-order valence-corrected chi connectivity index (χ3v) is 4.52. The van der Waals surface area contributed by atoms with E-state index in [1.165, 1.54) is 0 Å². The van der Waals surface area contributed by atoms with Gasteiger partial charge in [-0.1, -0.05) is 44.5 Å². The Morgan fingerprint density at radius 3 is 2.39 bits per heavy atom. The van der Waals surface area contributed by atoms with Gasteiger partial charge in [-0.3, -0.25) is 4.21 Å². The Morgan fingerprint density at radius 2 is 1.89 bits per heavy atom. The number of halogens is 1. The molecule has 0 radical (unpaired) electrons. The van der Waals surface area contributed by atoms with Gasteiger partial charge >= 0.3 is 0 Å². The molecule has 0 bridgehead atoms. The molecule has 1 rings (SSSR count). The Labute approximate surface area is 118 Å². The fourth-order valence-corrected chi connectivity index (χ4v) is 3.49. The maximum atomic E-state index is 12.1. The van der Waals surface area contributed by atoms with Crippen LogP contribution < -0.4 is 5.32 Å². The highest BCUT2D eigenvalue weighted by Gasteiger charge is 2.15. The second-order valence-electron chi connectivity index (χ2n) is 4.79. The summed E-state index contributed by atoms with van der Waals surface area (Å²) in [5.74, 6) is 1.80. The van der Waals surface area contributed by atoms with Crippen LogP contribution in [0.1, 0.15) is 26.3 Å². The smallest absolute Gasteiger partial charge is 0.0486 e. The highest BCUT2D eigenvalue weighted by Crippen LogP contribution is 2.12. The molecule has 1 N–H and O–H groups in total. The third kappa shape index (κ3) is 5.51. The van der Waals surface area contributed by atoms with Gasteiger partial charge in [-0.05, 0) is 30.2 Å². The molecule has 2 nitrogen and oxygen atoms in total. The highest BCUT2D eigenvalue weighted by atomic mass is 35.5. The van der Waals surface area contributed by atoms with Gasteiger partial charge in [-0.2, -0.15) is 0 Å². The zero-order valence-corrected chi connectivity index (χ0v) is 12.9. The molecule has 0 spiro atoms.